The summed E-state index contributed by atoms with van der Waals surface area (Å²) < 4.78 is 15.8. The summed E-state index contributed by atoms with van der Waals surface area (Å²) in [5.74, 6) is -1.51. The van der Waals surface area contributed by atoms with Crippen LogP contribution in [0.2, 0.25) is 0 Å². The molecular weight excluding hydrogens is 498 g/mol. The van der Waals surface area contributed by atoms with E-state index in [4.69, 9.17) is 14.2 Å². The van der Waals surface area contributed by atoms with E-state index in [0.29, 0.717) is 16.9 Å². The number of carbonyl (C=O) groups is 4. The molecule has 0 aromatic heterocycles. The number of nitrogens with zero attached hydrogens (tertiary/aromatic N) is 1. The number of esters is 2. The first-order valence-corrected chi connectivity index (χ1v) is 12.9. The molecule has 0 unspecified atom stereocenters. The molecule has 1 amide bonds. The molecule has 202 valence electrons. The Morgan fingerprint density at radius 3 is 2.18 bits per heavy atom. The molecule has 0 bridgehead atoms. The molecule has 1 aliphatic rings. The van der Waals surface area contributed by atoms with Crippen molar-refractivity contribution in [1.82, 2.24) is 0 Å². The number of ether oxygens (including phenoxy) is 3. The summed E-state index contributed by atoms with van der Waals surface area (Å²) in [5, 5.41) is 0. The van der Waals surface area contributed by atoms with Crippen molar-refractivity contribution < 1.29 is 33.4 Å². The van der Waals surface area contributed by atoms with Gasteiger partial charge >= 0.3 is 11.9 Å². The van der Waals surface area contributed by atoms with Crippen LogP contribution in [0.4, 0.5) is 5.69 Å². The van der Waals surface area contributed by atoms with E-state index in [0.717, 1.165) is 29.7 Å². The van der Waals surface area contributed by atoms with Crippen LogP contribution >= 0.6 is 0 Å². The first kappa shape index (κ1) is 27.6. The van der Waals surface area contributed by atoms with E-state index in [2.05, 4.69) is 0 Å². The third-order valence-corrected chi connectivity index (χ3v) is 6.73. The van der Waals surface area contributed by atoms with Gasteiger partial charge in [-0.05, 0) is 66.4 Å². The number of anilines is 1. The van der Waals surface area contributed by atoms with Crippen LogP contribution in [0, 0.1) is 5.92 Å². The van der Waals surface area contributed by atoms with Crippen LogP contribution in [0.25, 0.3) is 0 Å². The number of hydrogen-bond donors (Lipinski definition) is 0. The molecule has 1 aliphatic heterocycles. The van der Waals surface area contributed by atoms with E-state index in [1.807, 2.05) is 32.0 Å². The molecule has 3 aromatic carbocycles. The van der Waals surface area contributed by atoms with Crippen LogP contribution in [0.15, 0.2) is 66.7 Å². The third kappa shape index (κ3) is 6.34. The largest absolute Gasteiger partial charge is 0.497 e. The Bertz CT molecular complexity index is 1360. The fourth-order valence-electron chi connectivity index (χ4n) is 4.61. The van der Waals surface area contributed by atoms with Gasteiger partial charge in [0.2, 0.25) is 5.91 Å². The first-order chi connectivity index (χ1) is 18.8. The molecule has 4 rings (SSSR count). The van der Waals surface area contributed by atoms with Crippen molar-refractivity contribution in [1.29, 1.82) is 0 Å². The van der Waals surface area contributed by atoms with Crippen LogP contribution in [-0.4, -0.2) is 43.9 Å². The van der Waals surface area contributed by atoms with Gasteiger partial charge in [-0.1, -0.05) is 38.1 Å². The Kier molecular flexibility index (Phi) is 8.76. The van der Waals surface area contributed by atoms with Gasteiger partial charge in [0.05, 0.1) is 18.6 Å². The molecule has 1 atom stereocenters. The number of aryl methyl sites for hydroxylation is 2. The lowest BCUT2D eigenvalue weighted by Crippen LogP contribution is -2.29. The number of Topliss-reactive ketones (excluding diaryl/α,β-unsaturated/α-hetero) is 1. The Morgan fingerprint density at radius 2 is 1.54 bits per heavy atom. The molecule has 0 N–H and O–H groups in total. The summed E-state index contributed by atoms with van der Waals surface area (Å²) >= 11 is 0. The predicted molar refractivity (Wildman–Crippen MR) is 145 cm³/mol. The minimum Gasteiger partial charge on any atom is -0.497 e. The van der Waals surface area contributed by atoms with Gasteiger partial charge in [0, 0.05) is 24.2 Å². The van der Waals surface area contributed by atoms with E-state index >= 15 is 0 Å². The predicted octanol–water partition coefficient (Wildman–Crippen LogP) is 4.82. The number of carbonyl (C=O) groups excluding carboxylic acids is 4. The zero-order valence-electron chi connectivity index (χ0n) is 22.3. The maximum atomic E-state index is 12.8. The number of benzene rings is 3. The van der Waals surface area contributed by atoms with Crippen molar-refractivity contribution in [2.24, 2.45) is 5.92 Å². The molecule has 8 nitrogen and oxygen atoms in total. The van der Waals surface area contributed by atoms with Crippen molar-refractivity contribution in [2.75, 3.05) is 25.2 Å². The van der Waals surface area contributed by atoms with Crippen LogP contribution < -0.4 is 14.4 Å². The highest BCUT2D eigenvalue weighted by Gasteiger charge is 2.37. The average molecular weight is 530 g/mol. The molecule has 0 saturated carbocycles. The Morgan fingerprint density at radius 1 is 0.872 bits per heavy atom. The zero-order valence-corrected chi connectivity index (χ0v) is 22.3. The number of para-hydroxylation sites is 1. The van der Waals surface area contributed by atoms with E-state index in [9.17, 15) is 19.2 Å². The monoisotopic (exact) mass is 529 g/mol. The molecule has 3 aromatic rings. The second-order valence-corrected chi connectivity index (χ2v) is 9.21. The summed E-state index contributed by atoms with van der Waals surface area (Å²) in [6, 6.07) is 18.6. The van der Waals surface area contributed by atoms with E-state index < -0.39 is 30.2 Å². The summed E-state index contributed by atoms with van der Waals surface area (Å²) in [6.45, 7) is 3.85. The van der Waals surface area contributed by atoms with Gasteiger partial charge in [-0.15, -0.1) is 0 Å². The van der Waals surface area contributed by atoms with Crippen molar-refractivity contribution in [3.8, 4) is 11.5 Å². The van der Waals surface area contributed by atoms with Gasteiger partial charge in [0.15, 0.2) is 12.4 Å². The Labute approximate surface area is 227 Å². The van der Waals surface area contributed by atoms with Gasteiger partial charge in [-0.3, -0.25) is 14.4 Å². The fourth-order valence-corrected chi connectivity index (χ4v) is 4.61. The minimum absolute atomic E-state index is 0.0432. The first-order valence-electron chi connectivity index (χ1n) is 12.9. The van der Waals surface area contributed by atoms with Crippen molar-refractivity contribution in [2.45, 2.75) is 33.1 Å². The second-order valence-electron chi connectivity index (χ2n) is 9.21. The molecule has 1 saturated heterocycles. The molecule has 1 heterocycles. The molecule has 0 spiro atoms. The van der Waals surface area contributed by atoms with Crippen molar-refractivity contribution in [3.05, 3.63) is 89.0 Å². The summed E-state index contributed by atoms with van der Waals surface area (Å²) in [7, 11) is 1.51. The lowest BCUT2D eigenvalue weighted by Gasteiger charge is -2.23. The van der Waals surface area contributed by atoms with E-state index in [1.54, 1.807) is 29.2 Å². The number of methoxy groups -OCH3 is 1. The number of rotatable bonds is 10. The quantitative estimate of drug-likeness (QED) is 0.211. The Balaban J connectivity index is 1.33. The zero-order chi connectivity index (χ0) is 27.9. The molecule has 0 aliphatic carbocycles. The van der Waals surface area contributed by atoms with Crippen LogP contribution in [0.5, 0.6) is 11.5 Å². The van der Waals surface area contributed by atoms with E-state index in [-0.39, 0.29) is 24.6 Å². The maximum Gasteiger partial charge on any atom is 0.343 e. The second kappa shape index (κ2) is 12.4. The van der Waals surface area contributed by atoms with Crippen molar-refractivity contribution >= 4 is 29.3 Å². The highest BCUT2D eigenvalue weighted by atomic mass is 16.5. The SMILES string of the molecule is CCc1cccc(CC)c1N1C[C@@H](C(=O)OCC(=O)c2ccc(OC(=O)c3cccc(OC)c3)cc2)CC1=O. The molecule has 8 heteroatoms. The number of hydrogen-bond acceptors (Lipinski definition) is 7. The summed E-state index contributed by atoms with van der Waals surface area (Å²) in [4.78, 5) is 52.3. The fraction of sp³-hybridized carbons (Fsp3) is 0.290. The van der Waals surface area contributed by atoms with Crippen LogP contribution in [-0.2, 0) is 27.2 Å². The van der Waals surface area contributed by atoms with Gasteiger partial charge < -0.3 is 19.1 Å². The van der Waals surface area contributed by atoms with Gasteiger partial charge in [-0.2, -0.15) is 0 Å². The summed E-state index contributed by atoms with van der Waals surface area (Å²) in [5.41, 5.74) is 3.63. The van der Waals surface area contributed by atoms with E-state index in [1.165, 1.54) is 31.4 Å². The minimum atomic E-state index is -0.640. The average Bonchev–Trinajstić information content (AvgIpc) is 3.36. The van der Waals surface area contributed by atoms with Gasteiger partial charge in [0.25, 0.3) is 0 Å². The maximum absolute atomic E-state index is 12.8. The molecule has 39 heavy (non-hydrogen) atoms. The highest BCUT2D eigenvalue weighted by molar-refractivity contribution is 6.02. The number of ketones is 1. The molecule has 1 fully saturated rings. The normalized spacial score (nSPS) is 14.7. The van der Waals surface area contributed by atoms with Gasteiger partial charge in [0.1, 0.15) is 11.5 Å². The third-order valence-electron chi connectivity index (χ3n) is 6.73. The van der Waals surface area contributed by atoms with Crippen molar-refractivity contribution in [3.63, 3.8) is 0 Å². The standard InChI is InChI=1S/C31H31NO7/c1-4-20-8-6-9-21(5-2)29(20)32-18-24(17-28(32)34)30(35)38-19-27(33)22-12-14-25(15-13-22)39-31(36)23-10-7-11-26(16-23)37-3/h6-16,24H,4-5,17-19H2,1-3H3/t24-/m0/s1. The molecular formula is C31H31NO7. The summed E-state index contributed by atoms with van der Waals surface area (Å²) in [6.07, 6.45) is 1.59. The topological polar surface area (TPSA) is 99.2 Å². The highest BCUT2D eigenvalue weighted by Crippen LogP contribution is 2.33. The lowest BCUT2D eigenvalue weighted by molar-refractivity contribution is -0.147. The smallest absolute Gasteiger partial charge is 0.343 e. The lowest BCUT2D eigenvalue weighted by atomic mass is 10.0. The van der Waals surface area contributed by atoms with Crippen LogP contribution in [0.3, 0.4) is 0 Å². The van der Waals surface area contributed by atoms with Crippen LogP contribution in [0.1, 0.15) is 52.1 Å². The number of amides is 1. The molecule has 0 radical (unpaired) electrons. The van der Waals surface area contributed by atoms with Gasteiger partial charge in [-0.25, -0.2) is 4.79 Å². The Hall–Kier alpha value is -4.46.